The molecule has 0 spiro atoms. The lowest BCUT2D eigenvalue weighted by Gasteiger charge is -2.12. The Labute approximate surface area is 115 Å². The predicted octanol–water partition coefficient (Wildman–Crippen LogP) is -0.352. The Morgan fingerprint density at radius 2 is 1.90 bits per heavy atom. The molecule has 0 saturated carbocycles. The molecule has 0 bridgehead atoms. The Kier molecular flexibility index (Phi) is 6.18. The maximum atomic E-state index is 11.6. The van der Waals surface area contributed by atoms with E-state index in [9.17, 15) is 14.4 Å². The lowest BCUT2D eigenvalue weighted by Crippen LogP contribution is -2.42. The minimum Gasteiger partial charge on any atom is -0.478 e. The summed E-state index contributed by atoms with van der Waals surface area (Å²) in [5.41, 5.74) is 1.64. The summed E-state index contributed by atoms with van der Waals surface area (Å²) in [4.78, 5) is 32.5. The van der Waals surface area contributed by atoms with Crippen molar-refractivity contribution in [3.8, 4) is 0 Å². The van der Waals surface area contributed by atoms with Gasteiger partial charge in [-0.05, 0) is 11.1 Å². The third-order valence-electron chi connectivity index (χ3n) is 2.53. The van der Waals surface area contributed by atoms with Crippen LogP contribution in [0.3, 0.4) is 0 Å². The molecule has 2 amide bonds. The fourth-order valence-corrected chi connectivity index (χ4v) is 1.54. The van der Waals surface area contributed by atoms with Crippen molar-refractivity contribution in [2.75, 3.05) is 7.11 Å². The van der Waals surface area contributed by atoms with E-state index in [1.165, 1.54) is 7.11 Å². The summed E-state index contributed by atoms with van der Waals surface area (Å²) in [6, 6.07) is 7.04. The number of carboxylic acids is 1. The minimum absolute atomic E-state index is 0.0501. The number of hydrogen-bond donors (Lipinski definition) is 3. The Morgan fingerprint density at radius 1 is 1.30 bits per heavy atom. The molecule has 0 saturated heterocycles. The molecule has 0 heterocycles. The quantitative estimate of drug-likeness (QED) is 0.446. The van der Waals surface area contributed by atoms with Crippen LogP contribution in [0.5, 0.6) is 0 Å². The molecule has 20 heavy (non-hydrogen) atoms. The van der Waals surface area contributed by atoms with Crippen molar-refractivity contribution in [2.24, 2.45) is 0 Å². The number of aliphatic carboxylic acids is 1. The Hall–Kier alpha value is -2.41. The topological polar surface area (TPSA) is 105 Å². The van der Waals surface area contributed by atoms with E-state index in [2.05, 4.69) is 15.4 Å². The highest BCUT2D eigenvalue weighted by atomic mass is 16.5. The summed E-state index contributed by atoms with van der Waals surface area (Å²) in [6.07, 6.45) is -0.689. The third kappa shape index (κ3) is 5.07. The summed E-state index contributed by atoms with van der Waals surface area (Å²) in [7, 11) is 1.20. The van der Waals surface area contributed by atoms with E-state index in [4.69, 9.17) is 5.11 Å². The smallest absolute Gasteiger partial charge is 0.354 e. The van der Waals surface area contributed by atoms with Gasteiger partial charge in [0, 0.05) is 13.7 Å². The van der Waals surface area contributed by atoms with E-state index in [-0.39, 0.29) is 6.42 Å². The van der Waals surface area contributed by atoms with Crippen LogP contribution in [0.2, 0.25) is 0 Å². The first-order valence-electron chi connectivity index (χ1n) is 5.86. The maximum Gasteiger partial charge on any atom is 0.354 e. The van der Waals surface area contributed by atoms with Crippen LogP contribution >= 0.6 is 0 Å². The molecular formula is C13H16N2O5. The fraction of sp³-hybridized carbons (Fsp3) is 0.308. The van der Waals surface area contributed by atoms with E-state index >= 15 is 0 Å². The van der Waals surface area contributed by atoms with Gasteiger partial charge in [0.25, 0.3) is 0 Å². The number of methoxy groups -OCH3 is 1. The average Bonchev–Trinajstić information content (AvgIpc) is 2.43. The zero-order valence-corrected chi connectivity index (χ0v) is 11.0. The maximum absolute atomic E-state index is 11.6. The van der Waals surface area contributed by atoms with E-state index in [1.807, 2.05) is 0 Å². The summed E-state index contributed by atoms with van der Waals surface area (Å²) in [6.45, 7) is 0.417. The summed E-state index contributed by atoms with van der Waals surface area (Å²) >= 11 is 0. The van der Waals surface area contributed by atoms with E-state index in [1.54, 1.807) is 24.3 Å². The fourth-order valence-electron chi connectivity index (χ4n) is 1.54. The normalized spacial score (nSPS) is 11.4. The Morgan fingerprint density at radius 3 is 2.40 bits per heavy atom. The first-order valence-corrected chi connectivity index (χ1v) is 5.86. The number of rotatable bonds is 8. The molecule has 1 atom stereocenters. The molecule has 3 N–H and O–H groups in total. The van der Waals surface area contributed by atoms with Gasteiger partial charge in [0.05, 0.1) is 6.42 Å². The molecule has 7 nitrogen and oxygen atoms in total. The van der Waals surface area contributed by atoms with Gasteiger partial charge in [-0.2, -0.15) is 0 Å². The molecule has 0 fully saturated rings. The number of carboxylic acid groups (broad SMARTS) is 1. The zero-order chi connectivity index (χ0) is 15.0. The number of benzene rings is 1. The van der Waals surface area contributed by atoms with Gasteiger partial charge >= 0.3 is 5.97 Å². The second-order valence-corrected chi connectivity index (χ2v) is 4.01. The van der Waals surface area contributed by atoms with Crippen LogP contribution in [0.4, 0.5) is 0 Å². The summed E-state index contributed by atoms with van der Waals surface area (Å²) in [5, 5.41) is 13.5. The van der Waals surface area contributed by atoms with E-state index in [0.717, 1.165) is 11.1 Å². The molecule has 0 radical (unpaired) electrons. The molecule has 0 aliphatic rings. The van der Waals surface area contributed by atoms with Crippen LogP contribution < -0.4 is 10.6 Å². The number of carbonyl (C=O) groups is 3. The molecule has 1 unspecified atom stereocenters. The van der Waals surface area contributed by atoms with Gasteiger partial charge < -0.3 is 20.5 Å². The molecule has 1 aromatic carbocycles. The number of nitrogens with one attached hydrogen (secondary N) is 2. The lowest BCUT2D eigenvalue weighted by atomic mass is 10.1. The van der Waals surface area contributed by atoms with E-state index < -0.39 is 18.1 Å². The predicted molar refractivity (Wildman–Crippen MR) is 69.6 cm³/mol. The van der Waals surface area contributed by atoms with Crippen molar-refractivity contribution in [1.29, 1.82) is 0 Å². The van der Waals surface area contributed by atoms with E-state index in [0.29, 0.717) is 13.0 Å². The average molecular weight is 280 g/mol. The van der Waals surface area contributed by atoms with Gasteiger partial charge in [0.1, 0.15) is 0 Å². The molecule has 7 heteroatoms. The SMILES string of the molecule is COC(NC(=O)Cc1ccc(CNC=O)cc1)C(=O)O. The molecule has 0 aliphatic heterocycles. The van der Waals surface area contributed by atoms with Crippen LogP contribution in [0.1, 0.15) is 11.1 Å². The number of hydrogen-bond acceptors (Lipinski definition) is 4. The van der Waals surface area contributed by atoms with Crippen LogP contribution in [0.15, 0.2) is 24.3 Å². The second-order valence-electron chi connectivity index (χ2n) is 4.01. The van der Waals surface area contributed by atoms with Gasteiger partial charge in [0.15, 0.2) is 0 Å². The molecular weight excluding hydrogens is 264 g/mol. The van der Waals surface area contributed by atoms with Crippen molar-refractivity contribution < 1.29 is 24.2 Å². The molecule has 0 aromatic heterocycles. The molecule has 1 rings (SSSR count). The Bertz CT molecular complexity index is 472. The monoisotopic (exact) mass is 280 g/mol. The molecule has 108 valence electrons. The number of carbonyl (C=O) groups excluding carboxylic acids is 2. The second kappa shape index (κ2) is 7.90. The highest BCUT2D eigenvalue weighted by molar-refractivity contribution is 5.84. The van der Waals surface area contributed by atoms with Crippen molar-refractivity contribution >= 4 is 18.3 Å². The molecule has 0 aliphatic carbocycles. The van der Waals surface area contributed by atoms with Gasteiger partial charge in [-0.1, -0.05) is 24.3 Å². The van der Waals surface area contributed by atoms with Gasteiger partial charge in [-0.3, -0.25) is 9.59 Å². The van der Waals surface area contributed by atoms with Crippen LogP contribution in [-0.2, 0) is 32.1 Å². The lowest BCUT2D eigenvalue weighted by molar-refractivity contribution is -0.153. The Balaban J connectivity index is 2.53. The largest absolute Gasteiger partial charge is 0.478 e. The highest BCUT2D eigenvalue weighted by Crippen LogP contribution is 2.05. The molecule has 1 aromatic rings. The minimum atomic E-state index is -1.35. The summed E-state index contributed by atoms with van der Waals surface area (Å²) < 4.78 is 4.61. The van der Waals surface area contributed by atoms with Crippen molar-refractivity contribution in [2.45, 2.75) is 19.2 Å². The van der Waals surface area contributed by atoms with Gasteiger partial charge in [-0.15, -0.1) is 0 Å². The van der Waals surface area contributed by atoms with Crippen LogP contribution in [0, 0.1) is 0 Å². The highest BCUT2D eigenvalue weighted by Gasteiger charge is 2.18. The van der Waals surface area contributed by atoms with Crippen molar-refractivity contribution in [3.63, 3.8) is 0 Å². The standard InChI is InChI=1S/C13H16N2O5/c1-20-12(13(18)19)15-11(17)6-9-2-4-10(5-3-9)7-14-8-16/h2-5,8,12H,6-7H2,1H3,(H,14,16)(H,15,17)(H,18,19). The van der Waals surface area contributed by atoms with Crippen LogP contribution in [-0.4, -0.2) is 36.7 Å². The summed E-state index contributed by atoms with van der Waals surface area (Å²) in [5.74, 6) is -1.70. The van der Waals surface area contributed by atoms with Gasteiger partial charge in [0.2, 0.25) is 18.5 Å². The first kappa shape index (κ1) is 15.6. The van der Waals surface area contributed by atoms with Crippen molar-refractivity contribution in [1.82, 2.24) is 10.6 Å². The number of ether oxygens (including phenoxy) is 1. The van der Waals surface area contributed by atoms with Gasteiger partial charge in [-0.25, -0.2) is 4.79 Å². The zero-order valence-electron chi connectivity index (χ0n) is 11.0. The number of amides is 2. The van der Waals surface area contributed by atoms with Crippen LogP contribution in [0.25, 0.3) is 0 Å². The van der Waals surface area contributed by atoms with Crippen molar-refractivity contribution in [3.05, 3.63) is 35.4 Å². The third-order valence-corrected chi connectivity index (χ3v) is 2.53. The first-order chi connectivity index (χ1) is 9.56.